The molecule has 1 heterocycles. The number of aromatic nitrogens is 3. The first-order valence-corrected chi connectivity index (χ1v) is 12.1. The van der Waals surface area contributed by atoms with E-state index in [4.69, 9.17) is 31.5 Å². The minimum absolute atomic E-state index is 0.523. The fourth-order valence-electron chi connectivity index (χ4n) is 4.28. The fourth-order valence-corrected chi connectivity index (χ4v) is 4.28. The first kappa shape index (κ1) is 9.71. The first-order valence-electron chi connectivity index (χ1n) is 24.6. The van der Waals surface area contributed by atoms with Crippen molar-refractivity contribution in [2.24, 2.45) is 0 Å². The van der Waals surface area contributed by atoms with Crippen molar-refractivity contribution in [3.63, 3.8) is 0 Å². The highest BCUT2D eigenvalue weighted by atomic mass is 15.0. The van der Waals surface area contributed by atoms with Crippen LogP contribution in [0.4, 0.5) is 0 Å². The van der Waals surface area contributed by atoms with Crippen LogP contribution in [0.25, 0.3) is 77.6 Å². The molecule has 0 aliphatic heterocycles. The van der Waals surface area contributed by atoms with E-state index < -0.39 is 229 Å². The number of rotatable bonds is 4. The Hall–Kier alpha value is -5.67. The Balaban J connectivity index is 1.66. The Kier molecular flexibility index (Phi) is 2.33. The van der Waals surface area contributed by atoms with Crippen LogP contribution in [0.3, 0.4) is 0 Å². The quantitative estimate of drug-likeness (QED) is 0.159. The van der Waals surface area contributed by atoms with Gasteiger partial charge in [0.2, 0.25) is 0 Å². The van der Waals surface area contributed by atoms with Gasteiger partial charge in [-0.15, -0.1) is 0 Å². The van der Waals surface area contributed by atoms with Gasteiger partial charge in [0.25, 0.3) is 0 Å². The van der Waals surface area contributed by atoms with Gasteiger partial charge in [-0.25, -0.2) is 15.0 Å². The van der Waals surface area contributed by atoms with Crippen molar-refractivity contribution in [3.05, 3.63) is 151 Å². The Bertz CT molecular complexity index is 3560. The number of hydrogen-bond acceptors (Lipinski definition) is 3. The second-order valence-corrected chi connectivity index (χ2v) is 8.56. The Labute approximate surface area is 278 Å². The molecule has 0 fully saturated rings. The summed E-state index contributed by atoms with van der Waals surface area (Å²) in [7, 11) is 0. The van der Waals surface area contributed by atoms with E-state index in [1.54, 1.807) is 0 Å². The minimum Gasteiger partial charge on any atom is -0.208 e. The van der Waals surface area contributed by atoms with Gasteiger partial charge in [-0.05, 0) is 49.5 Å². The molecule has 3 heteroatoms. The first-order chi connectivity index (χ1) is 31.2. The summed E-state index contributed by atoms with van der Waals surface area (Å²) >= 11 is 0. The summed E-state index contributed by atoms with van der Waals surface area (Å²) in [4.78, 5) is 13.1. The summed E-state index contributed by atoms with van der Waals surface area (Å²) in [5.74, 6) is -2.57. The molecular formula is C39H25N3. The Morgan fingerprint density at radius 3 is 1.55 bits per heavy atom. The highest BCUT2D eigenvalue weighted by molar-refractivity contribution is 6.19. The van der Waals surface area contributed by atoms with Gasteiger partial charge in [0, 0.05) is 16.7 Å². The third kappa shape index (κ3) is 4.20. The van der Waals surface area contributed by atoms with Crippen molar-refractivity contribution in [3.8, 4) is 45.3 Å². The molecule has 0 atom stereocenters. The van der Waals surface area contributed by atoms with Gasteiger partial charge >= 0.3 is 0 Å². The molecule has 0 aliphatic carbocycles. The van der Waals surface area contributed by atoms with Crippen LogP contribution in [0.2, 0.25) is 0 Å². The van der Waals surface area contributed by atoms with Crippen LogP contribution in [-0.2, 0) is 0 Å². The van der Waals surface area contributed by atoms with E-state index in [1.807, 2.05) is 0 Å². The second-order valence-electron chi connectivity index (χ2n) is 8.56. The summed E-state index contributed by atoms with van der Waals surface area (Å²) < 4.78 is 218. The van der Waals surface area contributed by atoms with Crippen molar-refractivity contribution < 1.29 is 34.3 Å². The van der Waals surface area contributed by atoms with Gasteiger partial charge in [0.05, 0.1) is 34.3 Å². The van der Waals surface area contributed by atoms with Crippen molar-refractivity contribution in [2.75, 3.05) is 0 Å². The molecule has 0 radical (unpaired) electrons. The molecule has 42 heavy (non-hydrogen) atoms. The minimum atomic E-state index is -1.01. The lowest BCUT2D eigenvalue weighted by Gasteiger charge is -2.14. The van der Waals surface area contributed by atoms with Crippen LogP contribution in [0.5, 0.6) is 0 Å². The fraction of sp³-hybridized carbons (Fsp3) is 0. The van der Waals surface area contributed by atoms with Crippen molar-refractivity contribution in [1.29, 1.82) is 0 Å². The van der Waals surface area contributed by atoms with Gasteiger partial charge in [-0.2, -0.15) is 0 Å². The molecule has 1 aromatic heterocycles. The van der Waals surface area contributed by atoms with Crippen molar-refractivity contribution >= 4 is 32.3 Å². The van der Waals surface area contributed by atoms with Gasteiger partial charge in [0.15, 0.2) is 17.5 Å². The lowest BCUT2D eigenvalue weighted by Crippen LogP contribution is -2.01. The van der Waals surface area contributed by atoms with Crippen LogP contribution in [0.1, 0.15) is 34.3 Å². The molecular weight excluding hydrogens is 510 g/mol. The summed E-state index contributed by atoms with van der Waals surface area (Å²) in [6.07, 6.45) is 0. The molecule has 3 nitrogen and oxygen atoms in total. The molecule has 8 rings (SSSR count). The highest BCUT2D eigenvalue weighted by Gasteiger charge is 2.18. The van der Waals surface area contributed by atoms with Crippen molar-refractivity contribution in [2.45, 2.75) is 0 Å². The molecule has 196 valence electrons. The molecule has 0 bridgehead atoms. The highest BCUT2D eigenvalue weighted by Crippen LogP contribution is 2.39. The lowest BCUT2D eigenvalue weighted by atomic mass is 9.93. The summed E-state index contributed by atoms with van der Waals surface area (Å²) in [6.45, 7) is 0. The standard InChI is InChI=1S/C39H25N3/c1-3-11-26(12-4-1)27-19-21-30(22-20-27)38-40-37(29-14-5-2-6-15-29)41-39(42-38)36-33-18-10-8-16-31(33)25-35-32-17-9-7-13-28(32)23-24-34(35)36/h1-25H/i1D,2D,3D,4D,5D,6D,7D,8D,9D,10D,11D,12D,13D,14D,15D,16D,17D,18D,19D,20D,21D,22D,23D,24D,25D. The predicted octanol–water partition coefficient (Wildman–Crippen LogP) is 10.00. The van der Waals surface area contributed by atoms with Gasteiger partial charge in [-0.3, -0.25) is 0 Å². The van der Waals surface area contributed by atoms with E-state index >= 15 is 0 Å². The zero-order valence-corrected chi connectivity index (χ0v) is 20.8. The largest absolute Gasteiger partial charge is 0.208 e. The molecule has 8 aromatic rings. The van der Waals surface area contributed by atoms with E-state index in [1.165, 1.54) is 0 Å². The third-order valence-electron chi connectivity index (χ3n) is 6.12. The molecule has 0 saturated heterocycles. The average molecular weight is 561 g/mol. The molecule has 0 aliphatic rings. The Morgan fingerprint density at radius 2 is 0.833 bits per heavy atom. The maximum atomic E-state index is 9.42. The van der Waals surface area contributed by atoms with E-state index in [0.29, 0.717) is 0 Å². The van der Waals surface area contributed by atoms with E-state index in [2.05, 4.69) is 15.0 Å². The van der Waals surface area contributed by atoms with Crippen LogP contribution in [0, 0.1) is 0 Å². The summed E-state index contributed by atoms with van der Waals surface area (Å²) in [5, 5.41) is -3.44. The van der Waals surface area contributed by atoms with E-state index in [0.717, 1.165) is 0 Å². The van der Waals surface area contributed by atoms with Crippen LogP contribution >= 0.6 is 0 Å². The smallest absolute Gasteiger partial charge is 0.165 e. The molecule has 7 aromatic carbocycles. The molecule has 0 spiro atoms. The molecule has 0 N–H and O–H groups in total. The second kappa shape index (κ2) is 10.1. The SMILES string of the molecule is [2H]c1c([2H])c([2H])c(-c2nc(-c3c([2H])c([2H])c(-c4c([2H])c([2H])c([2H])c([2H])c4[2H])c([2H])c3[2H])nc(-c3c4c([2H])c([2H])c([2H])c([2H])c4c([2H])c4c3c([2H])c([2H])c3c([2H])c([2H])c([2H])c([2H])c34)n2)c([2H])c1[2H]. The zero-order chi connectivity index (χ0) is 49.6. The van der Waals surface area contributed by atoms with Crippen molar-refractivity contribution in [1.82, 2.24) is 15.0 Å². The number of benzene rings is 7. The van der Waals surface area contributed by atoms with Gasteiger partial charge in [0.1, 0.15) is 0 Å². The number of nitrogens with zero attached hydrogens (tertiary/aromatic N) is 3. The average Bonchev–Trinajstić information content (AvgIpc) is 3.29. The van der Waals surface area contributed by atoms with E-state index in [9.17, 15) is 2.74 Å². The topological polar surface area (TPSA) is 38.7 Å². The summed E-state index contributed by atoms with van der Waals surface area (Å²) in [5.41, 5.74) is -3.66. The van der Waals surface area contributed by atoms with E-state index in [-0.39, 0.29) is 0 Å². The number of hydrogen-bond donors (Lipinski definition) is 0. The normalized spacial score (nSPS) is 19.7. The van der Waals surface area contributed by atoms with Gasteiger partial charge < -0.3 is 0 Å². The molecule has 0 saturated carbocycles. The van der Waals surface area contributed by atoms with Crippen LogP contribution in [-0.4, -0.2) is 15.0 Å². The molecule has 0 unspecified atom stereocenters. The monoisotopic (exact) mass is 560 g/mol. The lowest BCUT2D eigenvalue weighted by molar-refractivity contribution is 1.08. The van der Waals surface area contributed by atoms with Crippen LogP contribution in [0.15, 0.2) is 151 Å². The third-order valence-corrected chi connectivity index (χ3v) is 6.12. The number of fused-ring (bicyclic) bond motifs is 4. The van der Waals surface area contributed by atoms with Gasteiger partial charge in [-0.1, -0.05) is 145 Å². The Morgan fingerprint density at radius 1 is 0.333 bits per heavy atom. The maximum Gasteiger partial charge on any atom is 0.165 e. The maximum absolute atomic E-state index is 9.42. The summed E-state index contributed by atoms with van der Waals surface area (Å²) in [6, 6.07) is -22.0. The molecule has 0 amide bonds. The van der Waals surface area contributed by atoms with Crippen LogP contribution < -0.4 is 0 Å². The predicted molar refractivity (Wildman–Crippen MR) is 174 cm³/mol. The zero-order valence-electron chi connectivity index (χ0n) is 45.8.